The Morgan fingerprint density at radius 3 is 2.58 bits per heavy atom. The topological polar surface area (TPSA) is 38.8 Å². The summed E-state index contributed by atoms with van der Waals surface area (Å²) in [6.07, 6.45) is 0. The Kier molecular flexibility index (Phi) is 1.81. The van der Waals surface area contributed by atoms with Crippen molar-refractivity contribution < 1.29 is 14.4 Å². The van der Waals surface area contributed by atoms with Crippen LogP contribution in [0.3, 0.4) is 0 Å². The first kappa shape index (κ1) is 8.01. The van der Waals surface area contributed by atoms with Crippen molar-refractivity contribution in [1.82, 2.24) is 5.06 Å². The summed E-state index contributed by atoms with van der Waals surface area (Å²) in [5.41, 5.74) is 0. The maximum Gasteiger partial charge on any atom is 0.249 e. The van der Waals surface area contributed by atoms with Gasteiger partial charge in [-0.3, -0.25) is 9.63 Å². The molecule has 2 rings (SSSR count). The van der Waals surface area contributed by atoms with E-state index in [1.807, 2.05) is 0 Å². The number of carbonyl (C=O) groups excluding carboxylic acids is 1. The van der Waals surface area contributed by atoms with Crippen LogP contribution in [0.5, 0.6) is 0 Å². The van der Waals surface area contributed by atoms with Crippen molar-refractivity contribution in [3.8, 4) is 0 Å². The minimum Gasteiger partial charge on any atom is -0.381 e. The fourth-order valence-corrected chi connectivity index (χ4v) is 1.91. The molecular formula is C8H13NO3. The van der Waals surface area contributed by atoms with Crippen LogP contribution >= 0.6 is 0 Å². The Labute approximate surface area is 71.4 Å². The average molecular weight is 171 g/mol. The standard InChI is InChI=1S/C8H13NO3/c1-9(11-2)8(10)7-5-3-12-4-6(5)7/h5-7H,3-4H2,1-2H3/t5-,6+,7+. The fraction of sp³-hybridized carbons (Fsp3) is 0.875. The summed E-state index contributed by atoms with van der Waals surface area (Å²) < 4.78 is 5.19. The average Bonchev–Trinajstić information content (AvgIpc) is 2.56. The first-order chi connectivity index (χ1) is 5.75. The number of hydrogen-bond acceptors (Lipinski definition) is 3. The summed E-state index contributed by atoms with van der Waals surface area (Å²) >= 11 is 0. The zero-order valence-electron chi connectivity index (χ0n) is 7.32. The van der Waals surface area contributed by atoms with Gasteiger partial charge in [-0.15, -0.1) is 0 Å². The molecular weight excluding hydrogens is 158 g/mol. The smallest absolute Gasteiger partial charge is 0.249 e. The Hall–Kier alpha value is -0.610. The number of rotatable bonds is 2. The van der Waals surface area contributed by atoms with E-state index in [4.69, 9.17) is 9.57 Å². The van der Waals surface area contributed by atoms with Crippen LogP contribution in [0.25, 0.3) is 0 Å². The molecule has 0 unspecified atom stereocenters. The van der Waals surface area contributed by atoms with Crippen molar-refractivity contribution in [2.45, 2.75) is 0 Å². The summed E-state index contributed by atoms with van der Waals surface area (Å²) in [4.78, 5) is 16.3. The number of amides is 1. The molecule has 0 spiro atoms. The number of ether oxygens (including phenoxy) is 1. The molecule has 4 heteroatoms. The molecule has 68 valence electrons. The lowest BCUT2D eigenvalue weighted by Crippen LogP contribution is -2.29. The van der Waals surface area contributed by atoms with Gasteiger partial charge >= 0.3 is 0 Å². The quantitative estimate of drug-likeness (QED) is 0.544. The van der Waals surface area contributed by atoms with Crippen LogP contribution in [0, 0.1) is 17.8 Å². The number of nitrogens with zero attached hydrogens (tertiary/aromatic N) is 1. The molecule has 1 aliphatic heterocycles. The largest absolute Gasteiger partial charge is 0.381 e. The summed E-state index contributed by atoms with van der Waals surface area (Å²) in [6, 6.07) is 0. The summed E-state index contributed by atoms with van der Waals surface area (Å²) in [5.74, 6) is 1.20. The molecule has 0 aromatic rings. The number of hydroxylamine groups is 2. The fourth-order valence-electron chi connectivity index (χ4n) is 1.91. The minimum atomic E-state index is 0.0933. The zero-order chi connectivity index (χ0) is 8.72. The molecule has 1 aliphatic carbocycles. The van der Waals surface area contributed by atoms with Gasteiger partial charge in [0.05, 0.1) is 26.2 Å². The maximum atomic E-state index is 11.5. The van der Waals surface area contributed by atoms with Gasteiger partial charge in [0.15, 0.2) is 0 Å². The second-order valence-electron chi connectivity index (χ2n) is 3.41. The third kappa shape index (κ3) is 1.03. The molecule has 0 radical (unpaired) electrons. The van der Waals surface area contributed by atoms with Crippen molar-refractivity contribution in [1.29, 1.82) is 0 Å². The Bertz CT molecular complexity index is 196. The number of hydrogen-bond donors (Lipinski definition) is 0. The van der Waals surface area contributed by atoms with Gasteiger partial charge in [0.25, 0.3) is 0 Å². The van der Waals surface area contributed by atoms with E-state index in [-0.39, 0.29) is 11.8 Å². The first-order valence-corrected chi connectivity index (χ1v) is 4.15. The van der Waals surface area contributed by atoms with E-state index in [0.29, 0.717) is 11.8 Å². The van der Waals surface area contributed by atoms with Crippen LogP contribution in [0.4, 0.5) is 0 Å². The van der Waals surface area contributed by atoms with Gasteiger partial charge in [0.2, 0.25) is 5.91 Å². The van der Waals surface area contributed by atoms with Gasteiger partial charge in [0.1, 0.15) is 0 Å². The molecule has 1 heterocycles. The van der Waals surface area contributed by atoms with Gasteiger partial charge in [-0.2, -0.15) is 0 Å². The predicted molar refractivity (Wildman–Crippen MR) is 41.1 cm³/mol. The minimum absolute atomic E-state index is 0.0933. The van der Waals surface area contributed by atoms with E-state index in [9.17, 15) is 4.79 Å². The van der Waals surface area contributed by atoms with Crippen molar-refractivity contribution in [2.24, 2.45) is 17.8 Å². The van der Waals surface area contributed by atoms with Gasteiger partial charge in [-0.05, 0) is 0 Å². The van der Waals surface area contributed by atoms with Gasteiger partial charge in [-0.1, -0.05) is 0 Å². The van der Waals surface area contributed by atoms with Crippen LogP contribution in [-0.2, 0) is 14.4 Å². The van der Waals surface area contributed by atoms with E-state index in [0.717, 1.165) is 13.2 Å². The highest BCUT2D eigenvalue weighted by molar-refractivity contribution is 5.81. The third-order valence-electron chi connectivity index (χ3n) is 2.82. The Morgan fingerprint density at radius 1 is 1.50 bits per heavy atom. The first-order valence-electron chi connectivity index (χ1n) is 4.15. The van der Waals surface area contributed by atoms with E-state index >= 15 is 0 Å². The molecule has 2 aliphatic rings. The lowest BCUT2D eigenvalue weighted by Gasteiger charge is -2.14. The van der Waals surface area contributed by atoms with Crippen LogP contribution < -0.4 is 0 Å². The SMILES string of the molecule is CON(C)C(=O)[C@H]1[C@@H]2COC[C@@H]21. The van der Waals surface area contributed by atoms with Crippen molar-refractivity contribution in [3.05, 3.63) is 0 Å². The molecule has 4 nitrogen and oxygen atoms in total. The Morgan fingerprint density at radius 2 is 2.08 bits per heavy atom. The monoisotopic (exact) mass is 171 g/mol. The van der Waals surface area contributed by atoms with Crippen LogP contribution in [0.2, 0.25) is 0 Å². The summed E-state index contributed by atoms with van der Waals surface area (Å²) in [7, 11) is 3.16. The summed E-state index contributed by atoms with van der Waals surface area (Å²) in [5, 5.41) is 1.31. The maximum absolute atomic E-state index is 11.5. The van der Waals surface area contributed by atoms with Gasteiger partial charge in [-0.25, -0.2) is 5.06 Å². The van der Waals surface area contributed by atoms with E-state index in [1.54, 1.807) is 7.05 Å². The summed E-state index contributed by atoms with van der Waals surface area (Å²) in [6.45, 7) is 1.50. The zero-order valence-corrected chi connectivity index (χ0v) is 7.32. The van der Waals surface area contributed by atoms with Gasteiger partial charge in [0, 0.05) is 18.9 Å². The van der Waals surface area contributed by atoms with Crippen LogP contribution in [0.15, 0.2) is 0 Å². The van der Waals surface area contributed by atoms with Crippen LogP contribution in [0.1, 0.15) is 0 Å². The molecule has 1 saturated heterocycles. The number of carbonyl (C=O) groups is 1. The third-order valence-corrected chi connectivity index (χ3v) is 2.82. The molecule has 3 atom stereocenters. The van der Waals surface area contributed by atoms with Crippen LogP contribution in [-0.4, -0.2) is 38.3 Å². The van der Waals surface area contributed by atoms with E-state index in [1.165, 1.54) is 12.2 Å². The highest BCUT2D eigenvalue weighted by atomic mass is 16.7. The lowest BCUT2D eigenvalue weighted by atomic mass is 10.3. The highest BCUT2D eigenvalue weighted by Crippen LogP contribution is 2.51. The second-order valence-corrected chi connectivity index (χ2v) is 3.41. The van der Waals surface area contributed by atoms with Crippen molar-refractivity contribution >= 4 is 5.91 Å². The molecule has 0 aromatic carbocycles. The lowest BCUT2D eigenvalue weighted by molar-refractivity contribution is -0.171. The molecule has 1 saturated carbocycles. The van der Waals surface area contributed by atoms with E-state index < -0.39 is 0 Å². The normalized spacial score (nSPS) is 37.7. The molecule has 2 fully saturated rings. The molecule has 12 heavy (non-hydrogen) atoms. The number of fused-ring (bicyclic) bond motifs is 1. The Balaban J connectivity index is 1.91. The molecule has 0 N–H and O–H groups in total. The van der Waals surface area contributed by atoms with Gasteiger partial charge < -0.3 is 4.74 Å². The predicted octanol–water partition coefficient (Wildman–Crippen LogP) is -0.101. The van der Waals surface area contributed by atoms with Crippen molar-refractivity contribution in [3.63, 3.8) is 0 Å². The van der Waals surface area contributed by atoms with E-state index in [2.05, 4.69) is 0 Å². The molecule has 0 aromatic heterocycles. The molecule has 1 amide bonds. The molecule has 0 bridgehead atoms. The second kappa shape index (κ2) is 2.71. The highest BCUT2D eigenvalue weighted by Gasteiger charge is 2.58. The van der Waals surface area contributed by atoms with Crippen molar-refractivity contribution in [2.75, 3.05) is 27.4 Å².